The Hall–Kier alpha value is -2.00. The van der Waals surface area contributed by atoms with E-state index in [1.165, 1.54) is 0 Å². The number of nitrogens with one attached hydrogen (secondary N) is 1. The number of esters is 1. The van der Waals surface area contributed by atoms with Gasteiger partial charge in [0, 0.05) is 0 Å². The number of para-hydroxylation sites is 1. The van der Waals surface area contributed by atoms with Gasteiger partial charge in [0.2, 0.25) is 0 Å². The van der Waals surface area contributed by atoms with Crippen LogP contribution in [-0.2, 0) is 16.1 Å². The first-order valence-electron chi connectivity index (χ1n) is 6.80. The maximum absolute atomic E-state index is 12.0. The number of aryl methyl sites for hydroxylation is 1. The summed E-state index contributed by atoms with van der Waals surface area (Å²) in [5.41, 5.74) is 2.72. The Morgan fingerprint density at radius 2 is 1.90 bits per heavy atom. The van der Waals surface area contributed by atoms with Gasteiger partial charge >= 0.3 is 5.97 Å². The zero-order valence-corrected chi connectivity index (χ0v) is 12.9. The van der Waals surface area contributed by atoms with E-state index in [4.69, 9.17) is 16.3 Å². The molecule has 2 rings (SSSR count). The SMILES string of the molecule is Cc1cccc(Cl)c1NC(C)C(=O)OCc1ccccc1. The van der Waals surface area contributed by atoms with Crippen LogP contribution < -0.4 is 5.32 Å². The molecule has 0 aromatic heterocycles. The first-order chi connectivity index (χ1) is 10.1. The predicted octanol–water partition coefficient (Wildman–Crippen LogP) is 4.19. The molecule has 0 saturated heterocycles. The molecule has 2 aromatic rings. The molecule has 4 heteroatoms. The van der Waals surface area contributed by atoms with Crippen molar-refractivity contribution < 1.29 is 9.53 Å². The minimum absolute atomic E-state index is 0.271. The van der Waals surface area contributed by atoms with Gasteiger partial charge in [0.15, 0.2) is 0 Å². The highest BCUT2D eigenvalue weighted by atomic mass is 35.5. The predicted molar refractivity (Wildman–Crippen MR) is 85.5 cm³/mol. The van der Waals surface area contributed by atoms with E-state index in [1.807, 2.05) is 49.4 Å². The van der Waals surface area contributed by atoms with Crippen LogP contribution in [0.1, 0.15) is 18.1 Å². The summed E-state index contributed by atoms with van der Waals surface area (Å²) in [6, 6.07) is 14.7. The van der Waals surface area contributed by atoms with Crippen LogP contribution in [0.4, 0.5) is 5.69 Å². The van der Waals surface area contributed by atoms with Crippen LogP contribution >= 0.6 is 11.6 Å². The van der Waals surface area contributed by atoms with Crippen LogP contribution in [0.5, 0.6) is 0 Å². The summed E-state index contributed by atoms with van der Waals surface area (Å²) in [6.07, 6.45) is 0. The van der Waals surface area contributed by atoms with Gasteiger partial charge in [-0.15, -0.1) is 0 Å². The number of ether oxygens (including phenoxy) is 1. The minimum atomic E-state index is -0.465. The van der Waals surface area contributed by atoms with Gasteiger partial charge in [0.25, 0.3) is 0 Å². The molecular formula is C17H18ClNO2. The van der Waals surface area contributed by atoms with Crippen molar-refractivity contribution in [1.29, 1.82) is 0 Å². The fourth-order valence-corrected chi connectivity index (χ4v) is 2.22. The monoisotopic (exact) mass is 303 g/mol. The molecule has 0 spiro atoms. The lowest BCUT2D eigenvalue weighted by atomic mass is 10.2. The highest BCUT2D eigenvalue weighted by Gasteiger charge is 2.16. The molecule has 1 unspecified atom stereocenters. The topological polar surface area (TPSA) is 38.3 Å². The van der Waals surface area contributed by atoms with E-state index < -0.39 is 6.04 Å². The quantitative estimate of drug-likeness (QED) is 0.842. The first kappa shape index (κ1) is 15.4. The number of hydrogen-bond donors (Lipinski definition) is 1. The Bertz CT molecular complexity index is 593. The standard InChI is InChI=1S/C17H18ClNO2/c1-12-7-6-10-15(18)16(12)19-13(2)17(20)21-11-14-8-4-3-5-9-14/h3-10,13,19H,11H2,1-2H3. The Morgan fingerprint density at radius 1 is 1.19 bits per heavy atom. The van der Waals surface area contributed by atoms with E-state index in [-0.39, 0.29) is 12.6 Å². The Morgan fingerprint density at radius 3 is 2.57 bits per heavy atom. The third-order valence-electron chi connectivity index (χ3n) is 3.16. The molecule has 110 valence electrons. The average molecular weight is 304 g/mol. The molecule has 0 aliphatic rings. The Labute approximate surface area is 129 Å². The van der Waals surface area contributed by atoms with Gasteiger partial charge in [-0.05, 0) is 31.0 Å². The number of anilines is 1. The van der Waals surface area contributed by atoms with E-state index in [0.717, 1.165) is 16.8 Å². The van der Waals surface area contributed by atoms with E-state index in [9.17, 15) is 4.79 Å². The third-order valence-corrected chi connectivity index (χ3v) is 3.48. The van der Waals surface area contributed by atoms with Crippen LogP contribution in [0.15, 0.2) is 48.5 Å². The molecule has 0 aliphatic heterocycles. The lowest BCUT2D eigenvalue weighted by Crippen LogP contribution is -2.28. The van der Waals surface area contributed by atoms with Crippen molar-refractivity contribution in [2.45, 2.75) is 26.5 Å². The second-order valence-corrected chi connectivity index (χ2v) is 5.30. The number of halogens is 1. The van der Waals surface area contributed by atoms with Gasteiger partial charge in [-0.25, -0.2) is 4.79 Å². The smallest absolute Gasteiger partial charge is 0.328 e. The number of carbonyl (C=O) groups excluding carboxylic acids is 1. The molecule has 0 bridgehead atoms. The molecular weight excluding hydrogens is 286 g/mol. The van der Waals surface area contributed by atoms with Crippen LogP contribution in [0.25, 0.3) is 0 Å². The van der Waals surface area contributed by atoms with E-state index in [1.54, 1.807) is 13.0 Å². The molecule has 1 N–H and O–H groups in total. The fourth-order valence-electron chi connectivity index (χ4n) is 1.94. The fraction of sp³-hybridized carbons (Fsp3) is 0.235. The van der Waals surface area contributed by atoms with Crippen LogP contribution in [0.2, 0.25) is 5.02 Å². The van der Waals surface area contributed by atoms with Crippen molar-refractivity contribution in [2.24, 2.45) is 0 Å². The molecule has 0 heterocycles. The molecule has 1 atom stereocenters. The summed E-state index contributed by atoms with van der Waals surface area (Å²) in [5, 5.41) is 3.70. The normalized spacial score (nSPS) is 11.8. The van der Waals surface area contributed by atoms with E-state index in [2.05, 4.69) is 5.32 Å². The molecule has 0 amide bonds. The van der Waals surface area contributed by atoms with Crippen LogP contribution in [0, 0.1) is 6.92 Å². The molecule has 0 fully saturated rings. The molecule has 0 saturated carbocycles. The summed E-state index contributed by atoms with van der Waals surface area (Å²) in [6.45, 7) is 3.97. The third kappa shape index (κ3) is 4.23. The van der Waals surface area contributed by atoms with Crippen molar-refractivity contribution in [1.82, 2.24) is 0 Å². The number of carbonyl (C=O) groups is 1. The van der Waals surface area contributed by atoms with Crippen molar-refractivity contribution in [3.05, 3.63) is 64.7 Å². The average Bonchev–Trinajstić information content (AvgIpc) is 2.49. The summed E-state index contributed by atoms with van der Waals surface area (Å²) in [5.74, 6) is -0.307. The van der Waals surface area contributed by atoms with Crippen molar-refractivity contribution in [2.75, 3.05) is 5.32 Å². The first-order valence-corrected chi connectivity index (χ1v) is 7.18. The summed E-state index contributed by atoms with van der Waals surface area (Å²) in [7, 11) is 0. The highest BCUT2D eigenvalue weighted by Crippen LogP contribution is 2.26. The Balaban J connectivity index is 1.94. The zero-order valence-electron chi connectivity index (χ0n) is 12.1. The summed E-state index contributed by atoms with van der Waals surface area (Å²) >= 11 is 6.14. The molecule has 2 aromatic carbocycles. The summed E-state index contributed by atoms with van der Waals surface area (Å²) < 4.78 is 5.30. The van der Waals surface area contributed by atoms with Crippen molar-refractivity contribution in [3.8, 4) is 0 Å². The maximum Gasteiger partial charge on any atom is 0.328 e. The van der Waals surface area contributed by atoms with Crippen LogP contribution in [0.3, 0.4) is 0 Å². The molecule has 3 nitrogen and oxygen atoms in total. The van der Waals surface area contributed by atoms with Gasteiger partial charge < -0.3 is 10.1 Å². The van der Waals surface area contributed by atoms with E-state index >= 15 is 0 Å². The van der Waals surface area contributed by atoms with E-state index in [0.29, 0.717) is 5.02 Å². The Kier molecular flexibility index (Phi) is 5.23. The lowest BCUT2D eigenvalue weighted by molar-refractivity contribution is -0.145. The second-order valence-electron chi connectivity index (χ2n) is 4.89. The van der Waals surface area contributed by atoms with Gasteiger partial charge in [0.1, 0.15) is 12.6 Å². The second kappa shape index (κ2) is 7.14. The van der Waals surface area contributed by atoms with Gasteiger partial charge in [-0.3, -0.25) is 0 Å². The maximum atomic E-state index is 12.0. The number of rotatable bonds is 5. The lowest BCUT2D eigenvalue weighted by Gasteiger charge is -2.17. The van der Waals surface area contributed by atoms with Gasteiger partial charge in [-0.1, -0.05) is 54.1 Å². The largest absolute Gasteiger partial charge is 0.459 e. The van der Waals surface area contributed by atoms with Crippen molar-refractivity contribution >= 4 is 23.3 Å². The van der Waals surface area contributed by atoms with Gasteiger partial charge in [0.05, 0.1) is 10.7 Å². The number of hydrogen-bond acceptors (Lipinski definition) is 3. The van der Waals surface area contributed by atoms with Gasteiger partial charge in [-0.2, -0.15) is 0 Å². The van der Waals surface area contributed by atoms with Crippen LogP contribution in [-0.4, -0.2) is 12.0 Å². The minimum Gasteiger partial charge on any atom is -0.459 e. The summed E-state index contributed by atoms with van der Waals surface area (Å²) in [4.78, 5) is 12.0. The zero-order chi connectivity index (χ0) is 15.2. The number of benzene rings is 2. The molecule has 21 heavy (non-hydrogen) atoms. The highest BCUT2D eigenvalue weighted by molar-refractivity contribution is 6.33. The van der Waals surface area contributed by atoms with Crippen molar-refractivity contribution in [3.63, 3.8) is 0 Å². The molecule has 0 aliphatic carbocycles. The molecule has 0 radical (unpaired) electrons.